The van der Waals surface area contributed by atoms with Gasteiger partial charge in [0.1, 0.15) is 17.2 Å². The van der Waals surface area contributed by atoms with Crippen molar-refractivity contribution in [3.05, 3.63) is 82.2 Å². The van der Waals surface area contributed by atoms with Crippen LogP contribution in [0.15, 0.2) is 49.1 Å². The zero-order chi connectivity index (χ0) is 32.6. The predicted molar refractivity (Wildman–Crippen MR) is 175 cm³/mol. The number of imidazole rings is 1. The molecule has 2 N–H and O–H groups in total. The fraction of sp³-hybridized carbons (Fsp3) is 0.543. The normalized spacial score (nSPS) is 23.9. The van der Waals surface area contributed by atoms with E-state index in [2.05, 4.69) is 22.0 Å². The fourth-order valence-corrected chi connectivity index (χ4v) is 7.80. The number of carbonyl (C=O) groups excluding carboxylic acids is 2. The number of aryl methyl sites for hydroxylation is 3. The van der Waals surface area contributed by atoms with Crippen LogP contribution < -0.4 is 0 Å². The molecule has 10 nitrogen and oxygen atoms in total. The molecule has 3 atom stereocenters. The number of piperazine rings is 1. The second-order valence-electron chi connectivity index (χ2n) is 13.3. The minimum Gasteiger partial charge on any atom is -0.386 e. The maximum absolute atomic E-state index is 14.6. The molecule has 2 amide bonds. The summed E-state index contributed by atoms with van der Waals surface area (Å²) in [5.41, 5.74) is 2.55. The topological polar surface area (TPSA) is 115 Å². The van der Waals surface area contributed by atoms with Crippen LogP contribution >= 0.6 is 11.6 Å². The standard InChI is InChI=1S/C35H45ClN6O4/c1-4-35(46,5-2)33(44)42-17-16-40(31-28-12-11-27(36)18-26(28)10-9-25-8-6-14-37-30(25)31)20-29(42)32(43)41-15-7-13-34(45,22-41)21-39-19-24(3)38-23-39/h6,8,11-12,14,18-19,23,29,31,45-46H,4-5,7,9-10,13,15-17,20-22H2,1-3H3/t29-,31+,34?/m1/s1. The van der Waals surface area contributed by atoms with Crippen molar-refractivity contribution >= 4 is 23.4 Å². The summed E-state index contributed by atoms with van der Waals surface area (Å²) in [4.78, 5) is 43.4. The van der Waals surface area contributed by atoms with Gasteiger partial charge < -0.3 is 24.6 Å². The first-order valence-corrected chi connectivity index (χ1v) is 16.9. The van der Waals surface area contributed by atoms with Gasteiger partial charge in [-0.1, -0.05) is 37.6 Å². The van der Waals surface area contributed by atoms with Crippen LogP contribution in [0.3, 0.4) is 0 Å². The molecule has 1 aromatic carbocycles. The molecule has 2 saturated heterocycles. The van der Waals surface area contributed by atoms with E-state index in [1.165, 1.54) is 0 Å². The molecule has 3 aliphatic rings. The average molecular weight is 649 g/mol. The summed E-state index contributed by atoms with van der Waals surface area (Å²) in [6, 6.07) is 9.01. The first-order valence-electron chi connectivity index (χ1n) is 16.5. The van der Waals surface area contributed by atoms with Gasteiger partial charge >= 0.3 is 0 Å². The van der Waals surface area contributed by atoms with Crippen LogP contribution in [0.5, 0.6) is 0 Å². The van der Waals surface area contributed by atoms with Crippen LogP contribution in [0.2, 0.25) is 5.02 Å². The van der Waals surface area contributed by atoms with Gasteiger partial charge in [0, 0.05) is 43.6 Å². The van der Waals surface area contributed by atoms with Crippen molar-refractivity contribution in [1.29, 1.82) is 0 Å². The summed E-state index contributed by atoms with van der Waals surface area (Å²) in [7, 11) is 0. The van der Waals surface area contributed by atoms with Crippen molar-refractivity contribution in [3.63, 3.8) is 0 Å². The van der Waals surface area contributed by atoms with Gasteiger partial charge in [-0.3, -0.25) is 19.5 Å². The van der Waals surface area contributed by atoms with Crippen molar-refractivity contribution < 1.29 is 19.8 Å². The number of benzene rings is 1. The highest BCUT2D eigenvalue weighted by molar-refractivity contribution is 6.30. The van der Waals surface area contributed by atoms with E-state index in [0.29, 0.717) is 37.5 Å². The van der Waals surface area contributed by atoms with Gasteiger partial charge in [0.2, 0.25) is 5.91 Å². The Kier molecular flexibility index (Phi) is 9.26. The predicted octanol–water partition coefficient (Wildman–Crippen LogP) is 3.55. The molecule has 11 heteroatoms. The first-order chi connectivity index (χ1) is 22.0. The molecule has 0 radical (unpaired) electrons. The Morgan fingerprint density at radius 1 is 1.09 bits per heavy atom. The van der Waals surface area contributed by atoms with E-state index in [0.717, 1.165) is 40.9 Å². The number of rotatable bonds is 7. The van der Waals surface area contributed by atoms with Crippen molar-refractivity contribution in [2.75, 3.05) is 32.7 Å². The zero-order valence-electron chi connectivity index (χ0n) is 27.0. The summed E-state index contributed by atoms with van der Waals surface area (Å²) in [6.45, 7) is 7.53. The summed E-state index contributed by atoms with van der Waals surface area (Å²) in [6.07, 6.45) is 8.77. The largest absolute Gasteiger partial charge is 0.386 e. The number of nitrogens with zero attached hydrogens (tertiary/aromatic N) is 6. The third kappa shape index (κ3) is 6.32. The van der Waals surface area contributed by atoms with Gasteiger partial charge in [0.05, 0.1) is 36.8 Å². The summed E-state index contributed by atoms with van der Waals surface area (Å²) >= 11 is 6.45. The van der Waals surface area contributed by atoms with Crippen molar-refractivity contribution in [2.45, 2.75) is 89.1 Å². The fourth-order valence-electron chi connectivity index (χ4n) is 7.60. The highest BCUT2D eigenvalue weighted by Gasteiger charge is 2.47. The highest BCUT2D eigenvalue weighted by Crippen LogP contribution is 2.38. The van der Waals surface area contributed by atoms with E-state index in [1.807, 2.05) is 42.1 Å². The van der Waals surface area contributed by atoms with E-state index in [1.54, 1.807) is 30.0 Å². The van der Waals surface area contributed by atoms with Crippen molar-refractivity contribution in [2.24, 2.45) is 0 Å². The quantitative estimate of drug-likeness (QED) is 0.403. The van der Waals surface area contributed by atoms with Crippen LogP contribution in [0, 0.1) is 6.92 Å². The Balaban J connectivity index is 1.34. The SMILES string of the molecule is CCC(O)(CC)C(=O)N1CCN([C@H]2c3ccc(Cl)cc3CCc3cccnc32)C[C@@H]1C(=O)N1CCCC(O)(Cn2cnc(C)c2)C1. The summed E-state index contributed by atoms with van der Waals surface area (Å²) in [5.74, 6) is -0.623. The lowest BCUT2D eigenvalue weighted by Gasteiger charge is -2.48. The number of amides is 2. The molecule has 1 unspecified atom stereocenters. The lowest BCUT2D eigenvalue weighted by Crippen LogP contribution is -2.66. The van der Waals surface area contributed by atoms with E-state index >= 15 is 0 Å². The van der Waals surface area contributed by atoms with E-state index < -0.39 is 23.2 Å². The Labute approximate surface area is 276 Å². The maximum atomic E-state index is 14.6. The maximum Gasteiger partial charge on any atom is 0.255 e. The monoisotopic (exact) mass is 648 g/mol. The van der Waals surface area contributed by atoms with Crippen LogP contribution in [0.1, 0.15) is 73.7 Å². The summed E-state index contributed by atoms with van der Waals surface area (Å²) in [5, 5.41) is 23.7. The second kappa shape index (κ2) is 13.1. The molecule has 0 bridgehead atoms. The molecule has 2 fully saturated rings. The lowest BCUT2D eigenvalue weighted by molar-refractivity contribution is -0.165. The second-order valence-corrected chi connectivity index (χ2v) is 13.8. The van der Waals surface area contributed by atoms with Gasteiger partial charge in [-0.2, -0.15) is 0 Å². The number of hydrogen-bond acceptors (Lipinski definition) is 7. The number of halogens is 1. The van der Waals surface area contributed by atoms with Crippen molar-refractivity contribution in [3.8, 4) is 0 Å². The number of β-amino-alcohol motifs (C(OH)–C–C–N with tert-alkyl or cyclic N) is 1. The molecular weight excluding hydrogens is 604 g/mol. The first kappa shape index (κ1) is 32.6. The number of fused-ring (bicyclic) bond motifs is 2. The van der Waals surface area contributed by atoms with E-state index in [9.17, 15) is 19.8 Å². The Bertz CT molecular complexity index is 1590. The van der Waals surface area contributed by atoms with Crippen LogP contribution in [0.4, 0.5) is 0 Å². The molecule has 46 heavy (non-hydrogen) atoms. The number of hydrogen-bond donors (Lipinski definition) is 2. The molecule has 2 aromatic heterocycles. The Morgan fingerprint density at radius 2 is 1.87 bits per heavy atom. The molecular formula is C35H45ClN6O4. The van der Waals surface area contributed by atoms with Crippen LogP contribution in [-0.2, 0) is 29.0 Å². The van der Waals surface area contributed by atoms with Gasteiger partial charge in [-0.15, -0.1) is 0 Å². The minimum absolute atomic E-state index is 0.155. The van der Waals surface area contributed by atoms with Crippen LogP contribution in [-0.4, -0.2) is 101 Å². The van der Waals surface area contributed by atoms with Gasteiger partial charge in [-0.05, 0) is 80.3 Å². The molecule has 3 aromatic rings. The van der Waals surface area contributed by atoms with Crippen LogP contribution in [0.25, 0.3) is 0 Å². The number of carbonyl (C=O) groups is 2. The minimum atomic E-state index is -1.55. The van der Waals surface area contributed by atoms with Gasteiger partial charge in [-0.25, -0.2) is 4.98 Å². The third-order valence-corrected chi connectivity index (χ3v) is 10.5. The Hall–Kier alpha value is -3.31. The smallest absolute Gasteiger partial charge is 0.255 e. The molecule has 4 heterocycles. The lowest BCUT2D eigenvalue weighted by atomic mass is 9.90. The van der Waals surface area contributed by atoms with Gasteiger partial charge in [0.25, 0.3) is 5.91 Å². The number of pyridine rings is 1. The third-order valence-electron chi connectivity index (χ3n) is 10.2. The van der Waals surface area contributed by atoms with Gasteiger partial charge in [0.15, 0.2) is 0 Å². The highest BCUT2D eigenvalue weighted by atomic mass is 35.5. The van der Waals surface area contributed by atoms with E-state index in [-0.39, 0.29) is 44.4 Å². The molecule has 1 aliphatic carbocycles. The molecule has 2 aliphatic heterocycles. The zero-order valence-corrected chi connectivity index (χ0v) is 27.8. The number of piperidine rings is 1. The van der Waals surface area contributed by atoms with Crippen molar-refractivity contribution in [1.82, 2.24) is 29.2 Å². The Morgan fingerprint density at radius 3 is 2.61 bits per heavy atom. The number of aliphatic hydroxyl groups is 2. The summed E-state index contributed by atoms with van der Waals surface area (Å²) < 4.78 is 1.87. The molecule has 0 spiro atoms. The number of likely N-dealkylation sites (tertiary alicyclic amines) is 1. The molecule has 6 rings (SSSR count). The average Bonchev–Trinajstić information content (AvgIpc) is 3.39. The van der Waals surface area contributed by atoms with E-state index in [4.69, 9.17) is 16.6 Å². The molecule has 246 valence electrons. The molecule has 0 saturated carbocycles. The number of aromatic nitrogens is 3.